The van der Waals surface area contributed by atoms with E-state index in [-0.39, 0.29) is 0 Å². The molecule has 1 aliphatic carbocycles. The average molecular weight is 264 g/mol. The fourth-order valence-corrected chi connectivity index (χ4v) is 2.91. The molecule has 3 nitrogen and oxygen atoms in total. The Morgan fingerprint density at radius 1 is 1.26 bits per heavy atom. The van der Waals surface area contributed by atoms with Gasteiger partial charge in [0.05, 0.1) is 5.60 Å². The molecule has 1 aliphatic rings. The lowest BCUT2D eigenvalue weighted by Gasteiger charge is -2.40. The number of aliphatic hydroxyl groups is 1. The summed E-state index contributed by atoms with van der Waals surface area (Å²) in [4.78, 5) is 0. The highest BCUT2D eigenvalue weighted by molar-refractivity contribution is 5.07. The van der Waals surface area contributed by atoms with E-state index in [0.717, 1.165) is 38.8 Å². The minimum Gasteiger partial charge on any atom is -0.389 e. The van der Waals surface area contributed by atoms with Gasteiger partial charge in [-0.25, -0.2) is 0 Å². The maximum absolute atomic E-state index is 10.6. The van der Waals surface area contributed by atoms with Gasteiger partial charge >= 0.3 is 0 Å². The van der Waals surface area contributed by atoms with Crippen molar-refractivity contribution < 1.29 is 5.11 Å². The van der Waals surface area contributed by atoms with Crippen molar-refractivity contribution in [2.24, 2.45) is 5.41 Å². The van der Waals surface area contributed by atoms with E-state index >= 15 is 0 Å². The molecule has 2 rings (SSSR count). The number of aryl methyl sites for hydroxylation is 1. The number of rotatable bonds is 5. The maximum Gasteiger partial charge on any atom is 0.0772 e. The van der Waals surface area contributed by atoms with Crippen LogP contribution in [0.15, 0.2) is 18.3 Å². The Morgan fingerprint density at radius 3 is 2.58 bits per heavy atom. The Labute approximate surface area is 117 Å². The predicted octanol–water partition coefficient (Wildman–Crippen LogP) is 2.93. The number of aromatic nitrogens is 1. The molecule has 19 heavy (non-hydrogen) atoms. The summed E-state index contributed by atoms with van der Waals surface area (Å²) in [7, 11) is 0. The molecule has 0 spiro atoms. The van der Waals surface area contributed by atoms with Crippen LogP contribution in [0, 0.1) is 5.41 Å². The molecule has 0 radical (unpaired) electrons. The summed E-state index contributed by atoms with van der Waals surface area (Å²) >= 11 is 0. The van der Waals surface area contributed by atoms with Crippen molar-refractivity contribution in [3.05, 3.63) is 24.0 Å². The van der Waals surface area contributed by atoms with Crippen molar-refractivity contribution in [2.45, 2.75) is 65.1 Å². The van der Waals surface area contributed by atoms with Gasteiger partial charge in [-0.15, -0.1) is 0 Å². The zero-order valence-electron chi connectivity index (χ0n) is 12.6. The summed E-state index contributed by atoms with van der Waals surface area (Å²) < 4.78 is 2.24. The highest BCUT2D eigenvalue weighted by Crippen LogP contribution is 2.39. The third kappa shape index (κ3) is 3.83. The van der Waals surface area contributed by atoms with E-state index in [1.54, 1.807) is 0 Å². The molecule has 0 unspecified atom stereocenters. The van der Waals surface area contributed by atoms with Crippen molar-refractivity contribution in [3.8, 4) is 0 Å². The van der Waals surface area contributed by atoms with Crippen LogP contribution in [0.3, 0.4) is 0 Å². The first-order chi connectivity index (χ1) is 8.94. The summed E-state index contributed by atoms with van der Waals surface area (Å²) in [5.74, 6) is 0. The quantitative estimate of drug-likeness (QED) is 0.858. The second-order valence-electron chi connectivity index (χ2n) is 6.78. The number of nitrogens with one attached hydrogen (secondary N) is 1. The lowest BCUT2D eigenvalue weighted by molar-refractivity contribution is -0.0245. The molecule has 1 aromatic rings. The van der Waals surface area contributed by atoms with E-state index < -0.39 is 5.60 Å². The van der Waals surface area contributed by atoms with Gasteiger partial charge in [-0.3, -0.25) is 0 Å². The molecule has 0 aromatic carbocycles. The molecule has 1 fully saturated rings. The van der Waals surface area contributed by atoms with Crippen LogP contribution in [0.25, 0.3) is 0 Å². The van der Waals surface area contributed by atoms with E-state index in [0.29, 0.717) is 12.0 Å². The SMILES string of the molecule is CCn1cccc1CNCC1(O)CCC(C)(C)CC1. The summed E-state index contributed by atoms with van der Waals surface area (Å²) in [6.45, 7) is 9.30. The van der Waals surface area contributed by atoms with E-state index in [9.17, 15) is 5.11 Å². The molecule has 1 heterocycles. The van der Waals surface area contributed by atoms with Gasteiger partial charge in [0.15, 0.2) is 0 Å². The second-order valence-corrected chi connectivity index (χ2v) is 6.78. The Morgan fingerprint density at radius 2 is 1.95 bits per heavy atom. The van der Waals surface area contributed by atoms with Gasteiger partial charge in [0.25, 0.3) is 0 Å². The van der Waals surface area contributed by atoms with Crippen LogP contribution >= 0.6 is 0 Å². The summed E-state index contributed by atoms with van der Waals surface area (Å²) in [5.41, 5.74) is 1.20. The van der Waals surface area contributed by atoms with E-state index in [1.165, 1.54) is 5.69 Å². The monoisotopic (exact) mass is 264 g/mol. The second kappa shape index (κ2) is 5.68. The smallest absolute Gasteiger partial charge is 0.0772 e. The van der Waals surface area contributed by atoms with Crippen LogP contribution in [0.4, 0.5) is 0 Å². The number of hydrogen-bond acceptors (Lipinski definition) is 2. The highest BCUT2D eigenvalue weighted by atomic mass is 16.3. The first-order valence-corrected chi connectivity index (χ1v) is 7.51. The minimum atomic E-state index is -0.501. The molecule has 0 bridgehead atoms. The molecule has 1 aromatic heterocycles. The molecule has 0 aliphatic heterocycles. The highest BCUT2D eigenvalue weighted by Gasteiger charge is 2.36. The minimum absolute atomic E-state index is 0.406. The fraction of sp³-hybridized carbons (Fsp3) is 0.750. The van der Waals surface area contributed by atoms with Crippen molar-refractivity contribution in [3.63, 3.8) is 0 Å². The Kier molecular flexibility index (Phi) is 4.36. The zero-order valence-corrected chi connectivity index (χ0v) is 12.6. The third-order valence-electron chi connectivity index (χ3n) is 4.56. The predicted molar refractivity (Wildman–Crippen MR) is 79.0 cm³/mol. The van der Waals surface area contributed by atoms with E-state index in [2.05, 4.69) is 49.0 Å². The maximum atomic E-state index is 10.6. The first-order valence-electron chi connectivity index (χ1n) is 7.51. The average Bonchev–Trinajstić information content (AvgIpc) is 2.81. The van der Waals surface area contributed by atoms with Crippen LogP contribution < -0.4 is 5.32 Å². The molecular formula is C16H28N2O. The Hall–Kier alpha value is -0.800. The van der Waals surface area contributed by atoms with Crippen LogP contribution in [-0.2, 0) is 13.1 Å². The van der Waals surface area contributed by atoms with Crippen molar-refractivity contribution in [2.75, 3.05) is 6.54 Å². The fourth-order valence-electron chi connectivity index (χ4n) is 2.91. The zero-order chi connectivity index (χ0) is 13.9. The molecular weight excluding hydrogens is 236 g/mol. The number of hydrogen-bond donors (Lipinski definition) is 2. The van der Waals surface area contributed by atoms with Gasteiger partial charge < -0.3 is 15.0 Å². The standard InChI is InChI=1S/C16H28N2O/c1-4-18-11-5-6-14(18)12-17-13-16(19)9-7-15(2,3)8-10-16/h5-6,11,17,19H,4,7-10,12-13H2,1-3H3. The first kappa shape index (κ1) is 14.6. The molecule has 2 N–H and O–H groups in total. The van der Waals surface area contributed by atoms with Gasteiger partial charge in [-0.2, -0.15) is 0 Å². The van der Waals surface area contributed by atoms with Crippen LogP contribution in [0.2, 0.25) is 0 Å². The third-order valence-corrected chi connectivity index (χ3v) is 4.56. The summed E-state index contributed by atoms with van der Waals surface area (Å²) in [6.07, 6.45) is 6.19. The summed E-state index contributed by atoms with van der Waals surface area (Å²) in [6, 6.07) is 4.23. The Bertz CT molecular complexity index is 399. The normalized spacial score (nSPS) is 21.5. The Balaban J connectivity index is 1.80. The number of nitrogens with zero attached hydrogens (tertiary/aromatic N) is 1. The van der Waals surface area contributed by atoms with Crippen LogP contribution in [-0.4, -0.2) is 21.8 Å². The molecule has 108 valence electrons. The summed E-state index contributed by atoms with van der Waals surface area (Å²) in [5, 5.41) is 14.0. The molecule has 1 saturated carbocycles. The largest absolute Gasteiger partial charge is 0.389 e. The van der Waals surface area contributed by atoms with E-state index in [1.807, 2.05) is 0 Å². The van der Waals surface area contributed by atoms with Crippen molar-refractivity contribution in [1.82, 2.24) is 9.88 Å². The van der Waals surface area contributed by atoms with Crippen LogP contribution in [0.5, 0.6) is 0 Å². The lowest BCUT2D eigenvalue weighted by Crippen LogP contribution is -2.45. The van der Waals surface area contributed by atoms with Crippen molar-refractivity contribution >= 4 is 0 Å². The van der Waals surface area contributed by atoms with Gasteiger partial charge in [-0.05, 0) is 50.2 Å². The van der Waals surface area contributed by atoms with Crippen molar-refractivity contribution in [1.29, 1.82) is 0 Å². The van der Waals surface area contributed by atoms with Crippen LogP contribution in [0.1, 0.15) is 52.1 Å². The lowest BCUT2D eigenvalue weighted by atomic mass is 9.71. The molecule has 0 saturated heterocycles. The molecule has 0 atom stereocenters. The molecule has 3 heteroatoms. The molecule has 0 amide bonds. The van der Waals surface area contributed by atoms with Gasteiger partial charge in [0, 0.05) is 31.5 Å². The van der Waals surface area contributed by atoms with E-state index in [4.69, 9.17) is 0 Å². The van der Waals surface area contributed by atoms with Gasteiger partial charge in [0.2, 0.25) is 0 Å². The topological polar surface area (TPSA) is 37.2 Å². The van der Waals surface area contributed by atoms with Gasteiger partial charge in [0.1, 0.15) is 0 Å². The van der Waals surface area contributed by atoms with Gasteiger partial charge in [-0.1, -0.05) is 13.8 Å².